The molecule has 124 valence electrons. The SMILES string of the molecule is Cc1cc([N+](=O)[O-])c(Cl)cc1NC(=O)c1ccc(Cl)c([N+](=O)[O-])c1. The molecule has 0 aliphatic rings. The predicted molar refractivity (Wildman–Crippen MR) is 88.9 cm³/mol. The second-order valence-corrected chi connectivity index (χ2v) is 5.57. The summed E-state index contributed by atoms with van der Waals surface area (Å²) >= 11 is 11.5. The summed E-state index contributed by atoms with van der Waals surface area (Å²) in [5.74, 6) is -0.636. The molecule has 24 heavy (non-hydrogen) atoms. The van der Waals surface area contributed by atoms with E-state index in [2.05, 4.69) is 5.32 Å². The van der Waals surface area contributed by atoms with Crippen LogP contribution in [0.25, 0.3) is 0 Å². The lowest BCUT2D eigenvalue weighted by Gasteiger charge is -2.09. The third-order valence-corrected chi connectivity index (χ3v) is 3.77. The molecular formula is C14H9Cl2N3O5. The van der Waals surface area contributed by atoms with Gasteiger partial charge in [0.05, 0.1) is 9.85 Å². The van der Waals surface area contributed by atoms with E-state index in [0.717, 1.165) is 6.07 Å². The maximum Gasteiger partial charge on any atom is 0.288 e. The molecule has 0 atom stereocenters. The first-order valence-corrected chi connectivity index (χ1v) is 7.16. The van der Waals surface area contributed by atoms with Crippen LogP contribution in [-0.2, 0) is 0 Å². The van der Waals surface area contributed by atoms with Gasteiger partial charge in [-0.25, -0.2) is 0 Å². The molecule has 0 heterocycles. The summed E-state index contributed by atoms with van der Waals surface area (Å²) in [5.41, 5.74) is 0.00755. The molecule has 0 aliphatic heterocycles. The minimum atomic E-state index is -0.701. The van der Waals surface area contributed by atoms with E-state index in [4.69, 9.17) is 23.2 Å². The molecule has 0 saturated heterocycles. The molecule has 0 bridgehead atoms. The minimum Gasteiger partial charge on any atom is -0.322 e. The van der Waals surface area contributed by atoms with E-state index in [9.17, 15) is 25.0 Å². The smallest absolute Gasteiger partial charge is 0.288 e. The number of aryl methyl sites for hydroxylation is 1. The molecule has 0 aliphatic carbocycles. The number of hydrogen-bond acceptors (Lipinski definition) is 5. The van der Waals surface area contributed by atoms with Crippen LogP contribution in [0, 0.1) is 27.2 Å². The van der Waals surface area contributed by atoms with E-state index in [-0.39, 0.29) is 27.0 Å². The van der Waals surface area contributed by atoms with Crippen molar-refractivity contribution >= 4 is 46.2 Å². The fraction of sp³-hybridized carbons (Fsp3) is 0.0714. The van der Waals surface area contributed by atoms with Gasteiger partial charge in [-0.15, -0.1) is 0 Å². The van der Waals surface area contributed by atoms with E-state index in [1.54, 1.807) is 6.92 Å². The molecule has 10 heteroatoms. The van der Waals surface area contributed by atoms with Crippen molar-refractivity contribution in [1.29, 1.82) is 0 Å². The van der Waals surface area contributed by atoms with Gasteiger partial charge in [0.25, 0.3) is 17.3 Å². The third-order valence-electron chi connectivity index (χ3n) is 3.14. The second kappa shape index (κ2) is 6.81. The summed E-state index contributed by atoms with van der Waals surface area (Å²) in [6, 6.07) is 6.08. The zero-order valence-electron chi connectivity index (χ0n) is 12.1. The lowest BCUT2D eigenvalue weighted by atomic mass is 10.1. The van der Waals surface area contributed by atoms with Crippen LogP contribution in [-0.4, -0.2) is 15.8 Å². The molecule has 2 aromatic rings. The maximum absolute atomic E-state index is 12.2. The molecule has 0 unspecified atom stereocenters. The molecule has 0 spiro atoms. The summed E-state index contributed by atoms with van der Waals surface area (Å²) in [6.07, 6.45) is 0. The van der Waals surface area contributed by atoms with Crippen molar-refractivity contribution in [2.75, 3.05) is 5.32 Å². The Morgan fingerprint density at radius 3 is 2.17 bits per heavy atom. The zero-order chi connectivity index (χ0) is 18.0. The van der Waals surface area contributed by atoms with Gasteiger partial charge in [0.2, 0.25) is 0 Å². The number of amides is 1. The summed E-state index contributed by atoms with van der Waals surface area (Å²) in [7, 11) is 0. The minimum absolute atomic E-state index is 0.0139. The summed E-state index contributed by atoms with van der Waals surface area (Å²) in [4.78, 5) is 32.6. The first-order chi connectivity index (χ1) is 11.2. The Labute approximate surface area is 145 Å². The van der Waals surface area contributed by atoms with E-state index in [0.29, 0.717) is 5.56 Å². The molecule has 0 radical (unpaired) electrons. The highest BCUT2D eigenvalue weighted by atomic mass is 35.5. The van der Waals surface area contributed by atoms with Crippen LogP contribution in [0.3, 0.4) is 0 Å². The number of nitro groups is 2. The van der Waals surface area contributed by atoms with Gasteiger partial charge < -0.3 is 5.32 Å². The number of anilines is 1. The first kappa shape index (κ1) is 17.6. The van der Waals surface area contributed by atoms with Crippen LogP contribution in [0.1, 0.15) is 15.9 Å². The van der Waals surface area contributed by atoms with E-state index < -0.39 is 21.4 Å². The molecule has 0 fully saturated rings. The lowest BCUT2D eigenvalue weighted by Crippen LogP contribution is -2.13. The molecule has 1 N–H and O–H groups in total. The Kier molecular flexibility index (Phi) is 5.01. The van der Waals surface area contributed by atoms with Crippen LogP contribution in [0.2, 0.25) is 10.0 Å². The van der Waals surface area contributed by atoms with Gasteiger partial charge in [0.1, 0.15) is 10.0 Å². The van der Waals surface area contributed by atoms with Crippen molar-refractivity contribution < 1.29 is 14.6 Å². The van der Waals surface area contributed by atoms with Crippen LogP contribution in [0.4, 0.5) is 17.1 Å². The van der Waals surface area contributed by atoms with Crippen molar-refractivity contribution in [2.45, 2.75) is 6.92 Å². The van der Waals surface area contributed by atoms with E-state index in [1.165, 1.54) is 24.3 Å². The largest absolute Gasteiger partial charge is 0.322 e. The Bertz CT molecular complexity index is 870. The monoisotopic (exact) mass is 369 g/mol. The summed E-state index contributed by atoms with van der Waals surface area (Å²) in [5, 5.41) is 24.0. The predicted octanol–water partition coefficient (Wildman–Crippen LogP) is 4.37. The molecule has 8 nitrogen and oxygen atoms in total. The van der Waals surface area contributed by atoms with Crippen molar-refractivity contribution in [2.24, 2.45) is 0 Å². The van der Waals surface area contributed by atoms with Crippen LogP contribution < -0.4 is 5.32 Å². The van der Waals surface area contributed by atoms with Crippen LogP contribution in [0.5, 0.6) is 0 Å². The fourth-order valence-electron chi connectivity index (χ4n) is 1.93. The lowest BCUT2D eigenvalue weighted by molar-refractivity contribution is -0.384. The molecule has 0 aromatic heterocycles. The number of nitro benzene ring substituents is 2. The summed E-state index contributed by atoms with van der Waals surface area (Å²) in [6.45, 7) is 1.56. The molecule has 2 aromatic carbocycles. The van der Waals surface area contributed by atoms with Gasteiger partial charge in [-0.1, -0.05) is 23.2 Å². The quantitative estimate of drug-likeness (QED) is 0.634. The number of nitrogens with one attached hydrogen (secondary N) is 1. The van der Waals surface area contributed by atoms with Gasteiger partial charge in [-0.2, -0.15) is 0 Å². The standard InChI is InChI=1S/C14H9Cl2N3O5/c1-7-4-12(18(21)22)10(16)6-11(7)17-14(20)8-2-3-9(15)13(5-8)19(23)24/h2-6H,1H3,(H,17,20). The van der Waals surface area contributed by atoms with Crippen molar-refractivity contribution in [1.82, 2.24) is 0 Å². The van der Waals surface area contributed by atoms with Crippen LogP contribution >= 0.6 is 23.2 Å². The van der Waals surface area contributed by atoms with E-state index in [1.807, 2.05) is 0 Å². The van der Waals surface area contributed by atoms with Gasteiger partial charge in [-0.05, 0) is 30.7 Å². The highest BCUT2D eigenvalue weighted by Crippen LogP contribution is 2.31. The maximum atomic E-state index is 12.2. The number of rotatable bonds is 4. The Balaban J connectivity index is 2.34. The van der Waals surface area contributed by atoms with Crippen molar-refractivity contribution in [3.05, 3.63) is 71.7 Å². The number of halogens is 2. The average molecular weight is 370 g/mol. The number of hydrogen-bond donors (Lipinski definition) is 1. The normalized spacial score (nSPS) is 10.3. The van der Waals surface area contributed by atoms with Gasteiger partial charge >= 0.3 is 0 Å². The van der Waals surface area contributed by atoms with Crippen molar-refractivity contribution in [3.8, 4) is 0 Å². The zero-order valence-corrected chi connectivity index (χ0v) is 13.6. The third kappa shape index (κ3) is 3.61. The number of carbonyl (C=O) groups is 1. The van der Waals surface area contributed by atoms with E-state index >= 15 is 0 Å². The highest BCUT2D eigenvalue weighted by molar-refractivity contribution is 6.33. The number of benzene rings is 2. The second-order valence-electron chi connectivity index (χ2n) is 4.75. The molecular weight excluding hydrogens is 361 g/mol. The number of carbonyl (C=O) groups excluding carboxylic acids is 1. The Morgan fingerprint density at radius 1 is 1.00 bits per heavy atom. The first-order valence-electron chi connectivity index (χ1n) is 6.40. The molecule has 2 rings (SSSR count). The van der Waals surface area contributed by atoms with Crippen molar-refractivity contribution in [3.63, 3.8) is 0 Å². The Hall–Kier alpha value is -2.71. The van der Waals surface area contributed by atoms with Gasteiger partial charge in [0, 0.05) is 23.4 Å². The van der Waals surface area contributed by atoms with Gasteiger partial charge in [-0.3, -0.25) is 25.0 Å². The Morgan fingerprint density at radius 2 is 1.58 bits per heavy atom. The fourth-order valence-corrected chi connectivity index (χ4v) is 2.35. The average Bonchev–Trinajstić information content (AvgIpc) is 2.50. The highest BCUT2D eigenvalue weighted by Gasteiger charge is 2.19. The molecule has 0 saturated carbocycles. The van der Waals surface area contributed by atoms with Crippen LogP contribution in [0.15, 0.2) is 30.3 Å². The topological polar surface area (TPSA) is 115 Å². The summed E-state index contributed by atoms with van der Waals surface area (Å²) < 4.78 is 0. The molecule has 1 amide bonds. The number of nitrogens with zero attached hydrogens (tertiary/aromatic N) is 2. The van der Waals surface area contributed by atoms with Gasteiger partial charge in [0.15, 0.2) is 0 Å².